The highest BCUT2D eigenvalue weighted by atomic mass is 16.4. The number of benzene rings is 1. The Balaban J connectivity index is 1.59. The summed E-state index contributed by atoms with van der Waals surface area (Å²) < 4.78 is 0. The van der Waals surface area contributed by atoms with E-state index in [0.29, 0.717) is 24.1 Å². The van der Waals surface area contributed by atoms with Crippen molar-refractivity contribution in [3.05, 3.63) is 63.1 Å². The lowest BCUT2D eigenvalue weighted by atomic mass is 9.64. The van der Waals surface area contributed by atoms with E-state index in [1.54, 1.807) is 30.3 Å². The molecule has 2 aliphatic rings. The number of aryl methyl sites for hydroxylation is 2. The van der Waals surface area contributed by atoms with Gasteiger partial charge < -0.3 is 15.4 Å². The van der Waals surface area contributed by atoms with Crippen LogP contribution in [-0.2, 0) is 23.1 Å². The van der Waals surface area contributed by atoms with Gasteiger partial charge in [-0.1, -0.05) is 25.0 Å². The maximum Gasteiger partial charge on any atom is 0.314 e. The smallest absolute Gasteiger partial charge is 0.314 e. The van der Waals surface area contributed by atoms with Gasteiger partial charge in [0.05, 0.1) is 5.41 Å². The fourth-order valence-electron chi connectivity index (χ4n) is 4.27. The van der Waals surface area contributed by atoms with Crippen molar-refractivity contribution in [2.75, 3.05) is 5.32 Å². The molecule has 1 heterocycles. The Labute approximate surface area is 163 Å². The number of carboxylic acids is 1. The molecule has 1 aromatic heterocycles. The minimum absolute atomic E-state index is 0.0997. The lowest BCUT2D eigenvalue weighted by Gasteiger charge is -2.38. The molecule has 1 saturated carbocycles. The first kappa shape index (κ1) is 18.5. The van der Waals surface area contributed by atoms with E-state index in [9.17, 15) is 19.5 Å². The van der Waals surface area contributed by atoms with Crippen molar-refractivity contribution in [3.8, 4) is 0 Å². The van der Waals surface area contributed by atoms with Crippen LogP contribution in [-0.4, -0.2) is 22.0 Å². The fourth-order valence-corrected chi connectivity index (χ4v) is 4.27. The molecule has 6 nitrogen and oxygen atoms in total. The number of fused-ring (bicyclic) bond motifs is 1. The Morgan fingerprint density at radius 3 is 2.54 bits per heavy atom. The number of carboxylic acid groups (broad SMARTS) is 1. The van der Waals surface area contributed by atoms with Crippen LogP contribution < -0.4 is 10.9 Å². The van der Waals surface area contributed by atoms with Crippen LogP contribution >= 0.6 is 0 Å². The summed E-state index contributed by atoms with van der Waals surface area (Å²) in [5, 5.41) is 12.4. The van der Waals surface area contributed by atoms with Gasteiger partial charge in [0.1, 0.15) is 5.56 Å². The molecule has 4 rings (SSSR count). The van der Waals surface area contributed by atoms with Crippen LogP contribution in [0.5, 0.6) is 0 Å². The van der Waals surface area contributed by atoms with Crippen molar-refractivity contribution in [2.24, 2.45) is 0 Å². The Morgan fingerprint density at radius 2 is 1.82 bits per heavy atom. The minimum atomic E-state index is -0.859. The van der Waals surface area contributed by atoms with E-state index < -0.39 is 17.3 Å². The number of carbonyl (C=O) groups excluding carboxylic acids is 1. The number of H-pyrrole nitrogens is 1. The van der Waals surface area contributed by atoms with Gasteiger partial charge in [0, 0.05) is 11.4 Å². The summed E-state index contributed by atoms with van der Waals surface area (Å²) in [5.41, 5.74) is 2.04. The second-order valence-electron chi connectivity index (χ2n) is 7.85. The number of rotatable bonds is 4. The summed E-state index contributed by atoms with van der Waals surface area (Å²) >= 11 is 0. The second-order valence-corrected chi connectivity index (χ2v) is 7.85. The van der Waals surface area contributed by atoms with Gasteiger partial charge in [0.2, 0.25) is 0 Å². The van der Waals surface area contributed by atoms with E-state index in [0.717, 1.165) is 49.8 Å². The summed E-state index contributed by atoms with van der Waals surface area (Å²) in [6.07, 6.45) is 7.01. The van der Waals surface area contributed by atoms with E-state index in [4.69, 9.17) is 0 Å². The predicted octanol–water partition coefficient (Wildman–Crippen LogP) is 3.40. The number of amides is 1. The molecule has 0 spiro atoms. The van der Waals surface area contributed by atoms with Crippen molar-refractivity contribution in [1.82, 2.24) is 4.98 Å². The van der Waals surface area contributed by atoms with Crippen molar-refractivity contribution < 1.29 is 14.7 Å². The quantitative estimate of drug-likeness (QED) is 0.708. The number of carbonyl (C=O) groups is 2. The maximum absolute atomic E-state index is 12.7. The maximum atomic E-state index is 12.7. The summed E-state index contributed by atoms with van der Waals surface area (Å²) in [5.74, 6) is -1.30. The van der Waals surface area contributed by atoms with Crippen LogP contribution in [0.15, 0.2) is 35.1 Å². The van der Waals surface area contributed by atoms with Crippen molar-refractivity contribution in [2.45, 2.75) is 56.8 Å². The van der Waals surface area contributed by atoms with Crippen LogP contribution in [0.1, 0.15) is 65.7 Å². The van der Waals surface area contributed by atoms with Gasteiger partial charge in [-0.25, -0.2) is 0 Å². The van der Waals surface area contributed by atoms with E-state index in [-0.39, 0.29) is 11.1 Å². The fraction of sp³-hybridized carbons (Fsp3) is 0.409. The van der Waals surface area contributed by atoms with Crippen molar-refractivity contribution in [1.29, 1.82) is 0 Å². The normalized spacial score (nSPS) is 17.7. The Kier molecular flexibility index (Phi) is 4.79. The third kappa shape index (κ3) is 3.23. The van der Waals surface area contributed by atoms with Crippen molar-refractivity contribution in [3.63, 3.8) is 0 Å². The highest BCUT2D eigenvalue weighted by Gasteiger charge is 2.45. The van der Waals surface area contributed by atoms with Gasteiger partial charge >= 0.3 is 5.97 Å². The number of anilines is 1. The average Bonchev–Trinajstić information content (AvgIpc) is 2.84. The van der Waals surface area contributed by atoms with Gasteiger partial charge in [-0.3, -0.25) is 14.4 Å². The van der Waals surface area contributed by atoms with Crippen LogP contribution in [0.2, 0.25) is 0 Å². The molecule has 6 heteroatoms. The molecular weight excluding hydrogens is 356 g/mol. The van der Waals surface area contributed by atoms with Crippen LogP contribution in [0.3, 0.4) is 0 Å². The zero-order chi connectivity index (χ0) is 19.7. The lowest BCUT2D eigenvalue weighted by molar-refractivity contribution is -0.147. The van der Waals surface area contributed by atoms with Crippen LogP contribution in [0.25, 0.3) is 0 Å². The number of aromatic nitrogens is 1. The molecule has 146 valence electrons. The molecule has 0 atom stereocenters. The molecule has 2 aromatic rings. The summed E-state index contributed by atoms with van der Waals surface area (Å²) in [6, 6.07) is 8.67. The predicted molar refractivity (Wildman–Crippen MR) is 106 cm³/mol. The molecule has 0 aliphatic heterocycles. The summed E-state index contributed by atoms with van der Waals surface area (Å²) in [7, 11) is 0. The Hall–Kier alpha value is -2.89. The number of hydrogen-bond acceptors (Lipinski definition) is 3. The number of aromatic amines is 1. The highest BCUT2D eigenvalue weighted by Crippen LogP contribution is 2.44. The molecule has 0 unspecified atom stereocenters. The third-order valence-electron chi connectivity index (χ3n) is 6.12. The molecule has 28 heavy (non-hydrogen) atoms. The molecule has 3 N–H and O–H groups in total. The van der Waals surface area contributed by atoms with E-state index >= 15 is 0 Å². The average molecular weight is 380 g/mol. The monoisotopic (exact) mass is 380 g/mol. The van der Waals surface area contributed by atoms with E-state index in [2.05, 4.69) is 10.3 Å². The van der Waals surface area contributed by atoms with Crippen LogP contribution in [0, 0.1) is 0 Å². The van der Waals surface area contributed by atoms with Gasteiger partial charge in [0.15, 0.2) is 0 Å². The van der Waals surface area contributed by atoms with Gasteiger partial charge in [-0.15, -0.1) is 0 Å². The topological polar surface area (TPSA) is 99.3 Å². The van der Waals surface area contributed by atoms with E-state index in [1.165, 1.54) is 0 Å². The first-order chi connectivity index (χ1) is 13.5. The van der Waals surface area contributed by atoms with Gasteiger partial charge in [-0.05, 0) is 67.9 Å². The van der Waals surface area contributed by atoms with Crippen LogP contribution in [0.4, 0.5) is 5.69 Å². The summed E-state index contributed by atoms with van der Waals surface area (Å²) in [6.45, 7) is 0. The largest absolute Gasteiger partial charge is 0.481 e. The number of aliphatic carboxylic acids is 1. The molecular formula is C22H24N2O4. The first-order valence-electron chi connectivity index (χ1n) is 9.90. The van der Waals surface area contributed by atoms with Gasteiger partial charge in [0.25, 0.3) is 11.5 Å². The third-order valence-corrected chi connectivity index (χ3v) is 6.12. The molecule has 0 saturated heterocycles. The lowest BCUT2D eigenvalue weighted by Crippen LogP contribution is -2.42. The Bertz CT molecular complexity index is 988. The molecule has 0 radical (unpaired) electrons. The molecule has 1 amide bonds. The van der Waals surface area contributed by atoms with Crippen molar-refractivity contribution >= 4 is 17.6 Å². The second kappa shape index (κ2) is 7.26. The molecule has 1 aromatic carbocycles. The minimum Gasteiger partial charge on any atom is -0.481 e. The summed E-state index contributed by atoms with van der Waals surface area (Å²) in [4.78, 5) is 39.8. The molecule has 1 fully saturated rings. The van der Waals surface area contributed by atoms with Gasteiger partial charge in [-0.2, -0.15) is 0 Å². The highest BCUT2D eigenvalue weighted by molar-refractivity contribution is 6.04. The molecule has 0 bridgehead atoms. The Morgan fingerprint density at radius 1 is 1.04 bits per heavy atom. The SMILES string of the molecule is O=C(Nc1cccc(C2(C(=O)O)CCC2)c1)c1cc2c([nH]c1=O)CCCCC2. The number of hydrogen-bond donors (Lipinski definition) is 3. The zero-order valence-electron chi connectivity index (χ0n) is 15.7. The molecule has 2 aliphatic carbocycles. The number of pyridine rings is 1. The van der Waals surface area contributed by atoms with E-state index in [1.807, 2.05) is 0 Å². The first-order valence-corrected chi connectivity index (χ1v) is 9.90. The standard InChI is InChI=1S/C22H24N2O4/c25-19(17-12-14-6-2-1-3-9-18(14)24-20(17)26)23-16-8-4-7-15(13-16)22(21(27)28)10-5-11-22/h4,7-8,12-13H,1-3,5-6,9-11H2,(H,23,25)(H,24,26)(H,27,28). The zero-order valence-corrected chi connectivity index (χ0v) is 15.7. The number of nitrogens with one attached hydrogen (secondary N) is 2.